The zero-order valence-corrected chi connectivity index (χ0v) is 13.0. The van der Waals surface area contributed by atoms with E-state index in [1.165, 1.54) is 0 Å². The van der Waals surface area contributed by atoms with Crippen molar-refractivity contribution in [2.75, 3.05) is 32.0 Å². The Balaban J connectivity index is 1.40. The van der Waals surface area contributed by atoms with Crippen LogP contribution < -0.4 is 4.74 Å². The normalized spacial score (nSPS) is 21.8. The van der Waals surface area contributed by atoms with Crippen LogP contribution in [0.4, 0.5) is 0 Å². The Morgan fingerprint density at radius 1 is 1.27 bits per heavy atom. The van der Waals surface area contributed by atoms with Gasteiger partial charge in [-0.3, -0.25) is 9.69 Å². The van der Waals surface area contributed by atoms with Crippen molar-refractivity contribution in [1.82, 2.24) is 4.90 Å². The Morgan fingerprint density at radius 2 is 1.95 bits per heavy atom. The fourth-order valence-electron chi connectivity index (χ4n) is 3.01. The minimum Gasteiger partial charge on any atom is -0.492 e. The van der Waals surface area contributed by atoms with Crippen LogP contribution in [0.15, 0.2) is 24.3 Å². The van der Waals surface area contributed by atoms with Crippen molar-refractivity contribution < 1.29 is 23.1 Å². The summed E-state index contributed by atoms with van der Waals surface area (Å²) in [6, 6.07) is 6.99. The second-order valence-corrected chi connectivity index (χ2v) is 8.53. The highest BCUT2D eigenvalue weighted by Gasteiger charge is 2.59. The number of carboxylic acids is 1. The first kappa shape index (κ1) is 15.3. The number of sulfone groups is 1. The van der Waals surface area contributed by atoms with Gasteiger partial charge in [-0.05, 0) is 24.1 Å². The predicted octanol–water partition coefficient (Wildman–Crippen LogP) is 0.565. The summed E-state index contributed by atoms with van der Waals surface area (Å²) in [4.78, 5) is 12.7. The lowest BCUT2D eigenvalue weighted by atomic mass is 9.95. The SMILES string of the molecule is O=C(O)Cc1ccc(OCCN2CC3(CCS3(=O)=O)C2)cc1. The number of ether oxygens (including phenoxy) is 1. The van der Waals surface area contributed by atoms with Crippen molar-refractivity contribution in [3.63, 3.8) is 0 Å². The van der Waals surface area contributed by atoms with Crippen molar-refractivity contribution >= 4 is 15.8 Å². The van der Waals surface area contributed by atoms with Gasteiger partial charge >= 0.3 is 5.97 Å². The molecule has 0 unspecified atom stereocenters. The number of rotatable bonds is 6. The number of benzene rings is 1. The molecule has 2 fully saturated rings. The van der Waals surface area contributed by atoms with Gasteiger partial charge in [0.25, 0.3) is 0 Å². The van der Waals surface area contributed by atoms with Gasteiger partial charge < -0.3 is 9.84 Å². The fraction of sp³-hybridized carbons (Fsp3) is 0.533. The van der Waals surface area contributed by atoms with E-state index in [1.54, 1.807) is 24.3 Å². The van der Waals surface area contributed by atoms with E-state index in [-0.39, 0.29) is 6.42 Å². The molecule has 3 rings (SSSR count). The maximum Gasteiger partial charge on any atom is 0.307 e. The molecule has 0 radical (unpaired) electrons. The summed E-state index contributed by atoms with van der Waals surface area (Å²) in [5, 5.41) is 8.70. The van der Waals surface area contributed by atoms with E-state index < -0.39 is 20.6 Å². The van der Waals surface area contributed by atoms with Gasteiger partial charge in [-0.1, -0.05) is 12.1 Å². The van der Waals surface area contributed by atoms with Crippen LogP contribution in [-0.2, 0) is 21.1 Å². The van der Waals surface area contributed by atoms with Gasteiger partial charge in [-0.25, -0.2) is 8.42 Å². The average molecular weight is 325 g/mol. The number of likely N-dealkylation sites (tertiary alicyclic amines) is 1. The Labute approximate surface area is 129 Å². The molecule has 0 aromatic heterocycles. The minimum absolute atomic E-state index is 0.00458. The van der Waals surface area contributed by atoms with Gasteiger partial charge in [-0.15, -0.1) is 0 Å². The lowest BCUT2D eigenvalue weighted by Gasteiger charge is -2.54. The molecule has 0 amide bonds. The lowest BCUT2D eigenvalue weighted by molar-refractivity contribution is -0.136. The first-order chi connectivity index (χ1) is 10.4. The first-order valence-corrected chi connectivity index (χ1v) is 8.94. The summed E-state index contributed by atoms with van der Waals surface area (Å²) in [5.74, 6) is 0.173. The summed E-state index contributed by atoms with van der Waals surface area (Å²) in [6.07, 6.45) is 0.794. The Hall–Kier alpha value is -1.60. The molecule has 2 heterocycles. The molecule has 0 bridgehead atoms. The van der Waals surface area contributed by atoms with Crippen molar-refractivity contribution in [3.05, 3.63) is 29.8 Å². The maximum atomic E-state index is 11.7. The van der Waals surface area contributed by atoms with Gasteiger partial charge in [0.2, 0.25) is 0 Å². The van der Waals surface area contributed by atoms with Gasteiger partial charge in [0.05, 0.1) is 16.9 Å². The molecule has 2 aliphatic rings. The molecule has 1 aromatic carbocycles. The summed E-state index contributed by atoms with van der Waals surface area (Å²) in [6.45, 7) is 2.44. The van der Waals surface area contributed by atoms with Gasteiger partial charge in [0, 0.05) is 19.6 Å². The molecule has 6 nitrogen and oxygen atoms in total. The monoisotopic (exact) mass is 325 g/mol. The predicted molar refractivity (Wildman–Crippen MR) is 80.9 cm³/mol. The Bertz CT molecular complexity index is 662. The number of nitrogens with zero attached hydrogens (tertiary/aromatic N) is 1. The Morgan fingerprint density at radius 3 is 2.45 bits per heavy atom. The molecule has 7 heteroatoms. The van der Waals surface area contributed by atoms with Crippen molar-refractivity contribution in [2.45, 2.75) is 17.6 Å². The zero-order valence-electron chi connectivity index (χ0n) is 12.2. The Kier molecular flexibility index (Phi) is 3.86. The maximum absolute atomic E-state index is 11.7. The van der Waals surface area contributed by atoms with Crippen molar-refractivity contribution in [3.8, 4) is 5.75 Å². The average Bonchev–Trinajstić information content (AvgIpc) is 2.41. The fourth-order valence-corrected chi connectivity index (χ4v) is 4.88. The highest BCUT2D eigenvalue weighted by atomic mass is 32.2. The van der Waals surface area contributed by atoms with E-state index in [9.17, 15) is 13.2 Å². The minimum atomic E-state index is -2.84. The molecular formula is C15H19NO5S. The summed E-state index contributed by atoms with van der Waals surface area (Å²) in [5.41, 5.74) is 0.736. The van der Waals surface area contributed by atoms with Crippen LogP contribution in [0.2, 0.25) is 0 Å². The summed E-state index contributed by atoms with van der Waals surface area (Å²) >= 11 is 0. The van der Waals surface area contributed by atoms with Gasteiger partial charge in [0.1, 0.15) is 12.4 Å². The third kappa shape index (κ3) is 2.83. The van der Waals surface area contributed by atoms with Crippen LogP contribution in [-0.4, -0.2) is 61.1 Å². The molecule has 22 heavy (non-hydrogen) atoms. The zero-order chi connectivity index (χ0) is 15.8. The van der Waals surface area contributed by atoms with E-state index in [2.05, 4.69) is 4.90 Å². The number of aliphatic carboxylic acids is 1. The van der Waals surface area contributed by atoms with E-state index in [0.29, 0.717) is 37.7 Å². The van der Waals surface area contributed by atoms with Crippen molar-refractivity contribution in [2.24, 2.45) is 0 Å². The highest BCUT2D eigenvalue weighted by Crippen LogP contribution is 2.41. The highest BCUT2D eigenvalue weighted by molar-refractivity contribution is 7.94. The van der Waals surface area contributed by atoms with E-state index in [1.807, 2.05) is 0 Å². The molecular weight excluding hydrogens is 306 g/mol. The molecule has 120 valence electrons. The number of carboxylic acid groups (broad SMARTS) is 1. The molecule has 0 aliphatic carbocycles. The van der Waals surface area contributed by atoms with Crippen LogP contribution in [0.1, 0.15) is 12.0 Å². The molecule has 0 atom stereocenters. The second-order valence-electron chi connectivity index (χ2n) is 6.03. The summed E-state index contributed by atoms with van der Waals surface area (Å²) < 4.78 is 28.5. The van der Waals surface area contributed by atoms with Gasteiger partial charge in [-0.2, -0.15) is 0 Å². The smallest absolute Gasteiger partial charge is 0.307 e. The molecule has 0 saturated carbocycles. The quantitative estimate of drug-likeness (QED) is 0.823. The third-order valence-electron chi connectivity index (χ3n) is 4.46. The van der Waals surface area contributed by atoms with Gasteiger partial charge in [0.15, 0.2) is 9.84 Å². The topological polar surface area (TPSA) is 83.9 Å². The lowest BCUT2D eigenvalue weighted by Crippen LogP contribution is -2.71. The van der Waals surface area contributed by atoms with E-state index in [0.717, 1.165) is 12.0 Å². The van der Waals surface area contributed by atoms with E-state index >= 15 is 0 Å². The van der Waals surface area contributed by atoms with Crippen molar-refractivity contribution in [1.29, 1.82) is 0 Å². The van der Waals surface area contributed by atoms with Crippen LogP contribution >= 0.6 is 0 Å². The number of carbonyl (C=O) groups is 1. The van der Waals surface area contributed by atoms with Crippen LogP contribution in [0.3, 0.4) is 0 Å². The van der Waals surface area contributed by atoms with Crippen LogP contribution in [0, 0.1) is 0 Å². The molecule has 2 aliphatic heterocycles. The number of hydrogen-bond donors (Lipinski definition) is 1. The second kappa shape index (κ2) is 5.55. The van der Waals surface area contributed by atoms with Crippen LogP contribution in [0.25, 0.3) is 0 Å². The molecule has 1 aromatic rings. The first-order valence-electron chi connectivity index (χ1n) is 7.28. The molecule has 2 saturated heterocycles. The van der Waals surface area contributed by atoms with E-state index in [4.69, 9.17) is 9.84 Å². The molecule has 1 spiro atoms. The standard InChI is InChI=1S/C15H19NO5S/c17-14(18)9-12-1-3-13(4-2-12)21-7-6-16-10-15(11-16)5-8-22(15,19)20/h1-4H,5-11H2,(H,17,18). The molecule has 1 N–H and O–H groups in total. The number of hydrogen-bond acceptors (Lipinski definition) is 5. The third-order valence-corrected chi connectivity index (χ3v) is 6.99. The summed E-state index contributed by atoms with van der Waals surface area (Å²) in [7, 11) is -2.84. The van der Waals surface area contributed by atoms with Crippen LogP contribution in [0.5, 0.6) is 5.75 Å². The largest absolute Gasteiger partial charge is 0.492 e.